The van der Waals surface area contributed by atoms with Crippen LogP contribution in [-0.4, -0.2) is 17.6 Å². The zero-order valence-electron chi connectivity index (χ0n) is 11.3. The van der Waals surface area contributed by atoms with Crippen LogP contribution in [0.4, 0.5) is 0 Å². The molecule has 1 aromatic rings. The number of rotatable bonds is 4. The third-order valence-corrected chi connectivity index (χ3v) is 5.31. The smallest absolute Gasteiger partial charge is 0.123 e. The average Bonchev–Trinajstić information content (AvgIpc) is 2.78. The second-order valence-electron chi connectivity index (χ2n) is 5.11. The van der Waals surface area contributed by atoms with E-state index in [4.69, 9.17) is 10.6 Å². The number of benzene rings is 1. The number of hydrogen-bond acceptors (Lipinski definition) is 4. The van der Waals surface area contributed by atoms with Crippen molar-refractivity contribution in [1.82, 2.24) is 5.43 Å². The van der Waals surface area contributed by atoms with E-state index in [0.717, 1.165) is 11.3 Å². The normalized spacial score (nSPS) is 25.1. The Labute approximate surface area is 113 Å². The van der Waals surface area contributed by atoms with E-state index < -0.39 is 0 Å². The maximum absolute atomic E-state index is 5.82. The van der Waals surface area contributed by atoms with Gasteiger partial charge in [-0.15, -0.1) is 0 Å². The Balaban J connectivity index is 2.40. The Morgan fingerprint density at radius 1 is 1.50 bits per heavy atom. The fourth-order valence-corrected chi connectivity index (χ4v) is 4.11. The lowest BCUT2D eigenvalue weighted by Crippen LogP contribution is -2.41. The molecule has 0 saturated carbocycles. The molecule has 1 aromatic carbocycles. The quantitative estimate of drug-likeness (QED) is 0.650. The molecule has 100 valence electrons. The molecule has 2 unspecified atom stereocenters. The first-order valence-electron chi connectivity index (χ1n) is 6.35. The van der Waals surface area contributed by atoms with Crippen LogP contribution in [0.5, 0.6) is 5.75 Å². The van der Waals surface area contributed by atoms with Gasteiger partial charge in [0.05, 0.1) is 13.2 Å². The lowest BCUT2D eigenvalue weighted by atomic mass is 9.89. The molecular formula is C14H22N2OS. The Morgan fingerprint density at radius 2 is 2.28 bits per heavy atom. The van der Waals surface area contributed by atoms with Crippen LogP contribution in [0.15, 0.2) is 18.2 Å². The summed E-state index contributed by atoms with van der Waals surface area (Å²) >= 11 is 2.00. The molecule has 18 heavy (non-hydrogen) atoms. The third-order valence-electron chi connectivity index (χ3n) is 3.72. The van der Waals surface area contributed by atoms with Crippen LogP contribution in [-0.2, 0) is 0 Å². The predicted octanol–water partition coefficient (Wildman–Crippen LogP) is 2.79. The van der Waals surface area contributed by atoms with Crippen LogP contribution in [0.25, 0.3) is 0 Å². The largest absolute Gasteiger partial charge is 0.496 e. The van der Waals surface area contributed by atoms with Gasteiger partial charge in [-0.1, -0.05) is 17.7 Å². The number of hydrogen-bond donors (Lipinski definition) is 2. The summed E-state index contributed by atoms with van der Waals surface area (Å²) in [5.74, 6) is 7.95. The molecule has 1 aliphatic heterocycles. The summed E-state index contributed by atoms with van der Waals surface area (Å²) in [6.45, 7) is 4.39. The number of aryl methyl sites for hydroxylation is 1. The Hall–Kier alpha value is -0.710. The minimum absolute atomic E-state index is 0.125. The molecule has 0 spiro atoms. The van der Waals surface area contributed by atoms with E-state index in [1.165, 1.54) is 24.2 Å². The molecule has 1 saturated heterocycles. The van der Waals surface area contributed by atoms with Gasteiger partial charge in [-0.2, -0.15) is 11.8 Å². The Morgan fingerprint density at radius 3 is 2.83 bits per heavy atom. The summed E-state index contributed by atoms with van der Waals surface area (Å²) in [6, 6.07) is 6.39. The average molecular weight is 266 g/mol. The number of ether oxygens (including phenoxy) is 1. The fraction of sp³-hybridized carbons (Fsp3) is 0.571. The summed E-state index contributed by atoms with van der Waals surface area (Å²) in [5.41, 5.74) is 5.40. The van der Waals surface area contributed by atoms with E-state index in [1.54, 1.807) is 7.11 Å². The van der Waals surface area contributed by atoms with Crippen molar-refractivity contribution < 1.29 is 4.74 Å². The van der Waals surface area contributed by atoms with Crippen molar-refractivity contribution in [3.63, 3.8) is 0 Å². The molecule has 1 heterocycles. The van der Waals surface area contributed by atoms with E-state index in [1.807, 2.05) is 17.8 Å². The highest BCUT2D eigenvalue weighted by Crippen LogP contribution is 2.48. The van der Waals surface area contributed by atoms with E-state index in [2.05, 4.69) is 31.4 Å². The van der Waals surface area contributed by atoms with Gasteiger partial charge in [-0.3, -0.25) is 11.3 Å². The van der Waals surface area contributed by atoms with Crippen molar-refractivity contribution in [3.05, 3.63) is 29.3 Å². The summed E-state index contributed by atoms with van der Waals surface area (Å²) in [7, 11) is 1.71. The van der Waals surface area contributed by atoms with E-state index in [-0.39, 0.29) is 10.8 Å². The van der Waals surface area contributed by atoms with Crippen LogP contribution >= 0.6 is 11.8 Å². The highest BCUT2D eigenvalue weighted by Gasteiger charge is 2.39. The molecule has 0 aliphatic carbocycles. The number of nitrogens with one attached hydrogen (secondary N) is 1. The Kier molecular flexibility index (Phi) is 4.20. The number of methoxy groups -OCH3 is 1. The van der Waals surface area contributed by atoms with Gasteiger partial charge in [0.25, 0.3) is 0 Å². The van der Waals surface area contributed by atoms with Gasteiger partial charge in [-0.25, -0.2) is 0 Å². The molecular weight excluding hydrogens is 244 g/mol. The van der Waals surface area contributed by atoms with E-state index in [0.29, 0.717) is 0 Å². The summed E-state index contributed by atoms with van der Waals surface area (Å²) in [5, 5.41) is 0. The highest BCUT2D eigenvalue weighted by molar-refractivity contribution is 8.00. The number of thioether (sulfide) groups is 1. The first kappa shape index (κ1) is 13.7. The van der Waals surface area contributed by atoms with Crippen molar-refractivity contribution in [2.45, 2.75) is 37.5 Å². The van der Waals surface area contributed by atoms with Crippen LogP contribution in [0.3, 0.4) is 0 Å². The van der Waals surface area contributed by atoms with Crippen molar-refractivity contribution in [2.24, 2.45) is 5.84 Å². The molecule has 1 aliphatic rings. The Bertz CT molecular complexity index is 416. The zero-order chi connectivity index (χ0) is 13.2. The van der Waals surface area contributed by atoms with Crippen LogP contribution in [0, 0.1) is 6.92 Å². The molecule has 4 heteroatoms. The standard InChI is InChI=1S/C14H22N2OS/c1-10-5-6-12(17-3)11(9-10)13(16-15)14(2)7-4-8-18-14/h5-6,9,13,16H,4,7-8,15H2,1-3H3. The molecule has 2 rings (SSSR count). The zero-order valence-corrected chi connectivity index (χ0v) is 12.1. The first-order chi connectivity index (χ1) is 8.60. The lowest BCUT2D eigenvalue weighted by Gasteiger charge is -2.34. The molecule has 0 bridgehead atoms. The highest BCUT2D eigenvalue weighted by atomic mass is 32.2. The van der Waals surface area contributed by atoms with Gasteiger partial charge in [0.1, 0.15) is 5.75 Å². The van der Waals surface area contributed by atoms with Crippen LogP contribution < -0.4 is 16.0 Å². The first-order valence-corrected chi connectivity index (χ1v) is 7.34. The molecule has 1 fully saturated rings. The molecule has 3 N–H and O–H groups in total. The minimum Gasteiger partial charge on any atom is -0.496 e. The fourth-order valence-electron chi connectivity index (χ4n) is 2.70. The predicted molar refractivity (Wildman–Crippen MR) is 77.9 cm³/mol. The summed E-state index contributed by atoms with van der Waals surface area (Å²) < 4.78 is 5.63. The van der Waals surface area contributed by atoms with Crippen molar-refractivity contribution in [2.75, 3.05) is 12.9 Å². The molecule has 3 nitrogen and oxygen atoms in total. The molecule has 0 amide bonds. The number of hydrazine groups is 1. The van der Waals surface area contributed by atoms with Gasteiger partial charge < -0.3 is 4.74 Å². The summed E-state index contributed by atoms with van der Waals surface area (Å²) in [6.07, 6.45) is 2.44. The third kappa shape index (κ3) is 2.51. The maximum Gasteiger partial charge on any atom is 0.123 e. The van der Waals surface area contributed by atoms with Crippen LogP contribution in [0.1, 0.15) is 36.9 Å². The second kappa shape index (κ2) is 5.51. The SMILES string of the molecule is COc1ccc(C)cc1C(NN)C1(C)CCCS1. The van der Waals surface area contributed by atoms with Crippen molar-refractivity contribution in [3.8, 4) is 5.75 Å². The van der Waals surface area contributed by atoms with Crippen molar-refractivity contribution in [1.29, 1.82) is 0 Å². The molecule has 0 radical (unpaired) electrons. The lowest BCUT2D eigenvalue weighted by molar-refractivity contribution is 0.375. The van der Waals surface area contributed by atoms with Gasteiger partial charge in [0.2, 0.25) is 0 Å². The van der Waals surface area contributed by atoms with Gasteiger partial charge in [0, 0.05) is 10.3 Å². The van der Waals surface area contributed by atoms with Gasteiger partial charge in [0.15, 0.2) is 0 Å². The monoisotopic (exact) mass is 266 g/mol. The molecule has 2 atom stereocenters. The molecule has 0 aromatic heterocycles. The summed E-state index contributed by atoms with van der Waals surface area (Å²) in [4.78, 5) is 0. The van der Waals surface area contributed by atoms with E-state index in [9.17, 15) is 0 Å². The van der Waals surface area contributed by atoms with Crippen molar-refractivity contribution >= 4 is 11.8 Å². The topological polar surface area (TPSA) is 47.3 Å². The second-order valence-corrected chi connectivity index (χ2v) is 6.74. The maximum atomic E-state index is 5.82. The minimum atomic E-state index is 0.125. The number of nitrogens with two attached hydrogens (primary N) is 1. The van der Waals surface area contributed by atoms with Gasteiger partial charge in [-0.05, 0) is 38.5 Å². The van der Waals surface area contributed by atoms with Crippen LogP contribution in [0.2, 0.25) is 0 Å². The van der Waals surface area contributed by atoms with E-state index >= 15 is 0 Å². The van der Waals surface area contributed by atoms with Gasteiger partial charge >= 0.3 is 0 Å².